The number of carbonyl (C=O) groups is 2. The van der Waals surface area contributed by atoms with E-state index < -0.39 is 18.0 Å². The molecule has 0 heterocycles. The maximum Gasteiger partial charge on any atom is 0.335 e. The number of nitrogens with one attached hydrogen (secondary N) is 1. The Balaban J connectivity index is 2.15. The summed E-state index contributed by atoms with van der Waals surface area (Å²) < 4.78 is 20.8. The van der Waals surface area contributed by atoms with E-state index in [1.807, 2.05) is 19.1 Å². The first kappa shape index (κ1) is 20.5. The molecule has 0 spiro atoms. The van der Waals surface area contributed by atoms with Crippen LogP contribution >= 0.6 is 0 Å². The minimum Gasteiger partial charge on any atom is -0.494 e. The molecule has 0 fully saturated rings. The highest BCUT2D eigenvalue weighted by Gasteiger charge is 2.15. The van der Waals surface area contributed by atoms with E-state index in [2.05, 4.69) is 11.9 Å². The standard InChI is InChI=1S/C18H25NO6/c1-4-11-23-14(3)18(21)25-13-17(20)19-10-12-24-16-8-6-15(7-9-16)22-5-2/h4,6-9,14H,1,5,10-13H2,2-3H3,(H,19,20). The van der Waals surface area contributed by atoms with Crippen molar-refractivity contribution in [2.45, 2.75) is 20.0 Å². The first-order valence-corrected chi connectivity index (χ1v) is 8.08. The third kappa shape index (κ3) is 8.76. The van der Waals surface area contributed by atoms with Crippen molar-refractivity contribution in [3.05, 3.63) is 36.9 Å². The number of esters is 1. The van der Waals surface area contributed by atoms with E-state index in [9.17, 15) is 9.59 Å². The summed E-state index contributed by atoms with van der Waals surface area (Å²) in [6.07, 6.45) is 0.787. The van der Waals surface area contributed by atoms with Crippen LogP contribution in [0.4, 0.5) is 0 Å². The molecule has 1 N–H and O–H groups in total. The average molecular weight is 351 g/mol. The van der Waals surface area contributed by atoms with E-state index in [-0.39, 0.29) is 13.2 Å². The molecule has 0 saturated heterocycles. The molecule has 138 valence electrons. The molecule has 1 unspecified atom stereocenters. The van der Waals surface area contributed by atoms with Crippen molar-refractivity contribution in [1.82, 2.24) is 5.32 Å². The molecule has 0 aromatic heterocycles. The molecule has 1 amide bonds. The fourth-order valence-corrected chi connectivity index (χ4v) is 1.74. The van der Waals surface area contributed by atoms with E-state index in [1.54, 1.807) is 19.1 Å². The van der Waals surface area contributed by atoms with Gasteiger partial charge >= 0.3 is 5.97 Å². The fourth-order valence-electron chi connectivity index (χ4n) is 1.74. The van der Waals surface area contributed by atoms with E-state index >= 15 is 0 Å². The largest absolute Gasteiger partial charge is 0.494 e. The molecular weight excluding hydrogens is 326 g/mol. The molecule has 1 aromatic rings. The number of benzene rings is 1. The quantitative estimate of drug-likeness (QED) is 0.351. The molecular formula is C18H25NO6. The summed E-state index contributed by atoms with van der Waals surface area (Å²) in [6.45, 7) is 8.04. The van der Waals surface area contributed by atoms with Gasteiger partial charge in [0.1, 0.15) is 18.1 Å². The molecule has 0 radical (unpaired) electrons. The van der Waals surface area contributed by atoms with Crippen LogP contribution in [-0.2, 0) is 19.1 Å². The molecule has 7 nitrogen and oxygen atoms in total. The summed E-state index contributed by atoms with van der Waals surface area (Å²) in [5, 5.41) is 2.60. The van der Waals surface area contributed by atoms with Gasteiger partial charge in [0.15, 0.2) is 12.7 Å². The lowest BCUT2D eigenvalue weighted by atomic mass is 10.3. The zero-order valence-electron chi connectivity index (χ0n) is 14.7. The summed E-state index contributed by atoms with van der Waals surface area (Å²) in [5.41, 5.74) is 0. The highest BCUT2D eigenvalue weighted by Crippen LogP contribution is 2.17. The minimum absolute atomic E-state index is 0.241. The van der Waals surface area contributed by atoms with Crippen molar-refractivity contribution in [1.29, 1.82) is 0 Å². The second kappa shape index (κ2) is 11.9. The number of ether oxygens (including phenoxy) is 4. The van der Waals surface area contributed by atoms with Gasteiger partial charge in [-0.3, -0.25) is 4.79 Å². The Morgan fingerprint density at radius 2 is 1.84 bits per heavy atom. The van der Waals surface area contributed by atoms with Crippen molar-refractivity contribution in [2.24, 2.45) is 0 Å². The van der Waals surface area contributed by atoms with Gasteiger partial charge in [0.25, 0.3) is 5.91 Å². The number of amides is 1. The van der Waals surface area contributed by atoms with Crippen molar-refractivity contribution >= 4 is 11.9 Å². The second-order valence-electron chi connectivity index (χ2n) is 4.97. The lowest BCUT2D eigenvalue weighted by Crippen LogP contribution is -2.34. The predicted octanol–water partition coefficient (Wildman–Crippen LogP) is 1.71. The highest BCUT2D eigenvalue weighted by atomic mass is 16.6. The Morgan fingerprint density at radius 3 is 2.44 bits per heavy atom. The van der Waals surface area contributed by atoms with Gasteiger partial charge in [0.2, 0.25) is 0 Å². The number of rotatable bonds is 12. The van der Waals surface area contributed by atoms with Crippen LogP contribution in [0.3, 0.4) is 0 Å². The van der Waals surface area contributed by atoms with Gasteiger partial charge in [-0.15, -0.1) is 6.58 Å². The van der Waals surface area contributed by atoms with Gasteiger partial charge in [-0.2, -0.15) is 0 Å². The maximum atomic E-state index is 11.6. The Bertz CT molecular complexity index is 543. The van der Waals surface area contributed by atoms with E-state index in [1.165, 1.54) is 6.08 Å². The monoisotopic (exact) mass is 351 g/mol. The van der Waals surface area contributed by atoms with E-state index in [0.29, 0.717) is 25.5 Å². The molecule has 0 bridgehead atoms. The third-order valence-electron chi connectivity index (χ3n) is 2.97. The Morgan fingerprint density at radius 1 is 1.20 bits per heavy atom. The lowest BCUT2D eigenvalue weighted by Gasteiger charge is -2.12. The summed E-state index contributed by atoms with van der Waals surface area (Å²) in [7, 11) is 0. The van der Waals surface area contributed by atoms with Gasteiger partial charge in [-0.05, 0) is 38.1 Å². The topological polar surface area (TPSA) is 83.1 Å². The lowest BCUT2D eigenvalue weighted by molar-refractivity contribution is -0.158. The van der Waals surface area contributed by atoms with E-state index in [4.69, 9.17) is 18.9 Å². The van der Waals surface area contributed by atoms with Gasteiger partial charge in [0.05, 0.1) is 19.8 Å². The molecule has 0 aliphatic rings. The molecule has 0 aliphatic heterocycles. The number of hydrogen-bond acceptors (Lipinski definition) is 6. The molecule has 25 heavy (non-hydrogen) atoms. The zero-order valence-corrected chi connectivity index (χ0v) is 14.7. The van der Waals surface area contributed by atoms with Gasteiger partial charge in [-0.1, -0.05) is 6.08 Å². The van der Waals surface area contributed by atoms with Crippen LogP contribution < -0.4 is 14.8 Å². The second-order valence-corrected chi connectivity index (χ2v) is 4.97. The molecule has 0 saturated carbocycles. The van der Waals surface area contributed by atoms with Gasteiger partial charge in [0, 0.05) is 0 Å². The van der Waals surface area contributed by atoms with Crippen molar-refractivity contribution in [2.75, 3.05) is 33.0 Å². The summed E-state index contributed by atoms with van der Waals surface area (Å²) in [6, 6.07) is 7.21. The third-order valence-corrected chi connectivity index (χ3v) is 2.97. The zero-order chi connectivity index (χ0) is 18.5. The molecule has 0 aliphatic carbocycles. The van der Waals surface area contributed by atoms with Crippen molar-refractivity contribution in [3.63, 3.8) is 0 Å². The van der Waals surface area contributed by atoms with Crippen molar-refractivity contribution in [3.8, 4) is 11.5 Å². The number of carbonyl (C=O) groups excluding carboxylic acids is 2. The summed E-state index contributed by atoms with van der Waals surface area (Å²) >= 11 is 0. The van der Waals surface area contributed by atoms with Gasteiger partial charge < -0.3 is 24.3 Å². The van der Waals surface area contributed by atoms with Crippen LogP contribution in [0.25, 0.3) is 0 Å². The van der Waals surface area contributed by atoms with Crippen LogP contribution in [0.2, 0.25) is 0 Å². The first-order chi connectivity index (χ1) is 12.1. The van der Waals surface area contributed by atoms with Crippen LogP contribution in [0, 0.1) is 0 Å². The van der Waals surface area contributed by atoms with E-state index in [0.717, 1.165) is 5.75 Å². The van der Waals surface area contributed by atoms with Crippen LogP contribution in [0.15, 0.2) is 36.9 Å². The summed E-state index contributed by atoms with van der Waals surface area (Å²) in [5.74, 6) is 0.454. The predicted molar refractivity (Wildman–Crippen MR) is 92.7 cm³/mol. The van der Waals surface area contributed by atoms with Crippen LogP contribution in [0.5, 0.6) is 11.5 Å². The summed E-state index contributed by atoms with van der Waals surface area (Å²) in [4.78, 5) is 23.1. The SMILES string of the molecule is C=CCOC(C)C(=O)OCC(=O)NCCOc1ccc(OCC)cc1. The molecule has 1 rings (SSSR count). The van der Waals surface area contributed by atoms with Gasteiger partial charge in [-0.25, -0.2) is 4.79 Å². The molecule has 1 atom stereocenters. The fraction of sp³-hybridized carbons (Fsp3) is 0.444. The van der Waals surface area contributed by atoms with Crippen molar-refractivity contribution < 1.29 is 28.5 Å². The average Bonchev–Trinajstić information content (AvgIpc) is 2.62. The number of hydrogen-bond donors (Lipinski definition) is 1. The first-order valence-electron chi connectivity index (χ1n) is 8.08. The minimum atomic E-state index is -0.742. The highest BCUT2D eigenvalue weighted by molar-refractivity contribution is 5.81. The van der Waals surface area contributed by atoms with Crippen LogP contribution in [0.1, 0.15) is 13.8 Å². The Kier molecular flexibility index (Phi) is 9.77. The Hall–Kier alpha value is -2.54. The maximum absolute atomic E-state index is 11.6. The normalized spacial score (nSPS) is 11.3. The van der Waals surface area contributed by atoms with Crippen LogP contribution in [-0.4, -0.2) is 51.0 Å². The molecule has 1 aromatic carbocycles. The smallest absolute Gasteiger partial charge is 0.335 e. The Labute approximate surface area is 147 Å². The molecule has 7 heteroatoms.